The average Bonchev–Trinajstić information content (AvgIpc) is 2.78. The van der Waals surface area contributed by atoms with Crippen molar-refractivity contribution < 1.29 is 22.7 Å². The summed E-state index contributed by atoms with van der Waals surface area (Å²) < 4.78 is 38.9. The van der Waals surface area contributed by atoms with E-state index in [0.717, 1.165) is 11.1 Å². The Hall–Kier alpha value is -3.52. The van der Waals surface area contributed by atoms with Crippen molar-refractivity contribution in [2.45, 2.75) is 38.7 Å². The van der Waals surface area contributed by atoms with Gasteiger partial charge in [0.1, 0.15) is 11.5 Å². The number of aryl methyl sites for hydroxylation is 2. The molecule has 1 atom stereocenters. The van der Waals surface area contributed by atoms with Crippen LogP contribution in [0.15, 0.2) is 71.6 Å². The van der Waals surface area contributed by atoms with Crippen LogP contribution in [0.2, 0.25) is 0 Å². The lowest BCUT2D eigenvalue weighted by atomic mass is 10.1. The first-order valence-electron chi connectivity index (χ1n) is 10.6. The van der Waals surface area contributed by atoms with Gasteiger partial charge >= 0.3 is 0 Å². The van der Waals surface area contributed by atoms with Gasteiger partial charge in [-0.15, -0.1) is 0 Å². The van der Waals surface area contributed by atoms with Gasteiger partial charge in [-0.3, -0.25) is 9.52 Å². The Balaban J connectivity index is 1.61. The molecule has 0 unspecified atom stereocenters. The fraction of sp³-hybridized carbons (Fsp3) is 0.240. The Kier molecular flexibility index (Phi) is 7.60. The minimum atomic E-state index is -3.78. The average molecular weight is 469 g/mol. The van der Waals surface area contributed by atoms with Crippen LogP contribution >= 0.6 is 0 Å². The van der Waals surface area contributed by atoms with Crippen molar-refractivity contribution in [3.8, 4) is 11.5 Å². The molecule has 0 heterocycles. The van der Waals surface area contributed by atoms with E-state index >= 15 is 0 Å². The molecule has 0 aliphatic heterocycles. The number of anilines is 2. The first-order valence-corrected chi connectivity index (χ1v) is 12.1. The fourth-order valence-electron chi connectivity index (χ4n) is 3.01. The number of amides is 1. The van der Waals surface area contributed by atoms with Gasteiger partial charge in [0.05, 0.1) is 11.5 Å². The second kappa shape index (κ2) is 10.4. The standard InChI is InChI=1S/C25H28N2O5S/c1-5-31-22-12-7-21(8-13-22)27-33(29,30)24-14-9-20(10-15-24)26-25(28)19(4)32-23-11-6-17(2)18(3)16-23/h6-16,19,27H,5H2,1-4H3,(H,26,28)/t19-/m1/s1. The highest BCUT2D eigenvalue weighted by molar-refractivity contribution is 7.92. The maximum atomic E-state index is 12.7. The van der Waals surface area contributed by atoms with E-state index in [1.807, 2.05) is 39.0 Å². The summed E-state index contributed by atoms with van der Waals surface area (Å²) in [5, 5.41) is 2.74. The van der Waals surface area contributed by atoms with Gasteiger partial charge in [0.25, 0.3) is 15.9 Å². The molecule has 1 amide bonds. The molecular weight excluding hydrogens is 440 g/mol. The predicted octanol–water partition coefficient (Wildman–Crippen LogP) is 4.91. The number of hydrogen-bond donors (Lipinski definition) is 2. The summed E-state index contributed by atoms with van der Waals surface area (Å²) in [4.78, 5) is 12.6. The Labute approximate surface area is 194 Å². The van der Waals surface area contributed by atoms with Crippen LogP contribution in [0.1, 0.15) is 25.0 Å². The molecule has 174 valence electrons. The Morgan fingerprint density at radius 1 is 0.879 bits per heavy atom. The van der Waals surface area contributed by atoms with E-state index in [1.165, 1.54) is 24.3 Å². The molecule has 3 aromatic carbocycles. The van der Waals surface area contributed by atoms with Gasteiger partial charge in [-0.05, 0) is 99.5 Å². The summed E-state index contributed by atoms with van der Waals surface area (Å²) >= 11 is 0. The fourth-order valence-corrected chi connectivity index (χ4v) is 4.06. The number of ether oxygens (including phenoxy) is 2. The van der Waals surface area contributed by atoms with Gasteiger partial charge in [0.2, 0.25) is 0 Å². The number of rotatable bonds is 9. The van der Waals surface area contributed by atoms with Crippen molar-refractivity contribution in [3.05, 3.63) is 77.9 Å². The van der Waals surface area contributed by atoms with E-state index in [-0.39, 0.29) is 10.8 Å². The van der Waals surface area contributed by atoms with Crippen LogP contribution < -0.4 is 19.5 Å². The topological polar surface area (TPSA) is 93.7 Å². The minimum Gasteiger partial charge on any atom is -0.494 e. The van der Waals surface area contributed by atoms with Crippen molar-refractivity contribution in [3.63, 3.8) is 0 Å². The summed E-state index contributed by atoms with van der Waals surface area (Å²) in [7, 11) is -3.78. The molecule has 0 fully saturated rings. The number of carbonyl (C=O) groups is 1. The third-order valence-corrected chi connectivity index (χ3v) is 6.41. The van der Waals surface area contributed by atoms with E-state index in [0.29, 0.717) is 29.5 Å². The molecule has 0 radical (unpaired) electrons. The second-order valence-electron chi connectivity index (χ2n) is 7.58. The monoisotopic (exact) mass is 468 g/mol. The number of nitrogens with one attached hydrogen (secondary N) is 2. The van der Waals surface area contributed by atoms with E-state index in [1.54, 1.807) is 31.2 Å². The first kappa shape index (κ1) is 24.1. The highest BCUT2D eigenvalue weighted by atomic mass is 32.2. The van der Waals surface area contributed by atoms with E-state index in [9.17, 15) is 13.2 Å². The van der Waals surface area contributed by atoms with Gasteiger partial charge in [-0.1, -0.05) is 6.07 Å². The van der Waals surface area contributed by atoms with Crippen LogP contribution in [-0.2, 0) is 14.8 Å². The summed E-state index contributed by atoms with van der Waals surface area (Å²) in [6.07, 6.45) is -0.725. The Morgan fingerprint density at radius 3 is 2.09 bits per heavy atom. The lowest BCUT2D eigenvalue weighted by Crippen LogP contribution is -2.30. The minimum absolute atomic E-state index is 0.0776. The largest absolute Gasteiger partial charge is 0.494 e. The van der Waals surface area contributed by atoms with Crippen molar-refractivity contribution in [1.29, 1.82) is 0 Å². The van der Waals surface area contributed by atoms with Crippen molar-refractivity contribution >= 4 is 27.3 Å². The molecule has 3 rings (SSSR count). The number of sulfonamides is 1. The van der Waals surface area contributed by atoms with Gasteiger partial charge in [-0.2, -0.15) is 0 Å². The Morgan fingerprint density at radius 2 is 1.48 bits per heavy atom. The Bertz CT molecular complexity index is 1210. The summed E-state index contributed by atoms with van der Waals surface area (Å²) in [5.74, 6) is 0.940. The maximum Gasteiger partial charge on any atom is 0.265 e. The molecule has 33 heavy (non-hydrogen) atoms. The molecule has 0 saturated carbocycles. The van der Waals surface area contributed by atoms with E-state index in [2.05, 4.69) is 10.0 Å². The smallest absolute Gasteiger partial charge is 0.265 e. The van der Waals surface area contributed by atoms with E-state index < -0.39 is 16.1 Å². The van der Waals surface area contributed by atoms with Crippen LogP contribution in [0.25, 0.3) is 0 Å². The van der Waals surface area contributed by atoms with Crippen LogP contribution in [0, 0.1) is 13.8 Å². The SMILES string of the molecule is CCOc1ccc(NS(=O)(=O)c2ccc(NC(=O)[C@@H](C)Oc3ccc(C)c(C)c3)cc2)cc1. The molecule has 0 aromatic heterocycles. The van der Waals surface area contributed by atoms with Crippen molar-refractivity contribution in [2.24, 2.45) is 0 Å². The van der Waals surface area contributed by atoms with Crippen LogP contribution in [0.4, 0.5) is 11.4 Å². The van der Waals surface area contributed by atoms with Crippen molar-refractivity contribution in [1.82, 2.24) is 0 Å². The third-order valence-electron chi connectivity index (χ3n) is 5.01. The maximum absolute atomic E-state index is 12.7. The molecule has 3 aromatic rings. The quantitative estimate of drug-likeness (QED) is 0.465. The summed E-state index contributed by atoms with van der Waals surface area (Å²) in [6, 6.07) is 18.2. The zero-order valence-corrected chi connectivity index (χ0v) is 19.9. The second-order valence-corrected chi connectivity index (χ2v) is 9.27. The molecule has 7 nitrogen and oxygen atoms in total. The molecule has 2 N–H and O–H groups in total. The zero-order valence-electron chi connectivity index (χ0n) is 19.1. The molecule has 0 bridgehead atoms. The van der Waals surface area contributed by atoms with Crippen molar-refractivity contribution in [2.75, 3.05) is 16.6 Å². The van der Waals surface area contributed by atoms with E-state index in [4.69, 9.17) is 9.47 Å². The highest BCUT2D eigenvalue weighted by Gasteiger charge is 2.17. The van der Waals surface area contributed by atoms with Crippen LogP contribution in [0.3, 0.4) is 0 Å². The molecular formula is C25H28N2O5S. The zero-order chi connectivity index (χ0) is 24.0. The van der Waals surface area contributed by atoms with Crippen LogP contribution in [-0.4, -0.2) is 27.0 Å². The number of carbonyl (C=O) groups excluding carboxylic acids is 1. The predicted molar refractivity (Wildman–Crippen MR) is 129 cm³/mol. The molecule has 0 saturated heterocycles. The highest BCUT2D eigenvalue weighted by Crippen LogP contribution is 2.22. The first-order chi connectivity index (χ1) is 15.7. The number of hydrogen-bond acceptors (Lipinski definition) is 5. The lowest BCUT2D eigenvalue weighted by molar-refractivity contribution is -0.122. The van der Waals surface area contributed by atoms with Crippen LogP contribution in [0.5, 0.6) is 11.5 Å². The summed E-state index contributed by atoms with van der Waals surface area (Å²) in [6.45, 7) is 8.05. The normalized spacial score (nSPS) is 12.0. The molecule has 0 aliphatic carbocycles. The third kappa shape index (κ3) is 6.49. The van der Waals surface area contributed by atoms with Gasteiger partial charge in [0.15, 0.2) is 6.10 Å². The van der Waals surface area contributed by atoms with Gasteiger partial charge in [0, 0.05) is 11.4 Å². The van der Waals surface area contributed by atoms with Gasteiger partial charge in [-0.25, -0.2) is 8.42 Å². The summed E-state index contributed by atoms with van der Waals surface area (Å²) in [5.41, 5.74) is 3.12. The lowest BCUT2D eigenvalue weighted by Gasteiger charge is -2.16. The van der Waals surface area contributed by atoms with Gasteiger partial charge < -0.3 is 14.8 Å². The number of benzene rings is 3. The molecule has 0 aliphatic rings. The molecule has 0 spiro atoms. The molecule has 8 heteroatoms.